The summed E-state index contributed by atoms with van der Waals surface area (Å²) in [6, 6.07) is 7.67. The van der Waals surface area contributed by atoms with Crippen LogP contribution in [-0.2, 0) is 0 Å². The van der Waals surface area contributed by atoms with Crippen LogP contribution in [0.3, 0.4) is 0 Å². The molecule has 3 heterocycles. The average molecular weight is 396 g/mol. The molecule has 0 radical (unpaired) electrons. The van der Waals surface area contributed by atoms with Gasteiger partial charge in [0, 0.05) is 29.2 Å². The molecule has 3 atom stereocenters. The van der Waals surface area contributed by atoms with Gasteiger partial charge < -0.3 is 21.1 Å². The summed E-state index contributed by atoms with van der Waals surface area (Å²) in [5, 5.41) is 23.3. The average Bonchev–Trinajstić information content (AvgIpc) is 3.29. The van der Waals surface area contributed by atoms with Gasteiger partial charge >= 0.3 is 6.03 Å². The number of rotatable bonds is 5. The van der Waals surface area contributed by atoms with Crippen LogP contribution in [0.15, 0.2) is 36.5 Å². The summed E-state index contributed by atoms with van der Waals surface area (Å²) < 4.78 is 15.5. The fourth-order valence-electron chi connectivity index (χ4n) is 3.72. The van der Waals surface area contributed by atoms with Crippen molar-refractivity contribution in [3.05, 3.63) is 47.9 Å². The molecule has 150 valence electrons. The van der Waals surface area contributed by atoms with E-state index in [0.717, 1.165) is 24.2 Å². The number of hydrogen-bond donors (Lipinski definition) is 4. The Bertz CT molecular complexity index is 1100. The number of urea groups is 1. The minimum Gasteiger partial charge on any atom is -0.371 e. The van der Waals surface area contributed by atoms with Gasteiger partial charge in [-0.15, -0.1) is 0 Å². The van der Waals surface area contributed by atoms with Crippen LogP contribution >= 0.6 is 0 Å². The zero-order chi connectivity index (χ0) is 20.1. The van der Waals surface area contributed by atoms with Gasteiger partial charge in [0.25, 0.3) is 0 Å². The van der Waals surface area contributed by atoms with Gasteiger partial charge in [-0.05, 0) is 25.0 Å². The van der Waals surface area contributed by atoms with E-state index in [1.165, 1.54) is 12.1 Å². The predicted octanol–water partition coefficient (Wildman–Crippen LogP) is 2.21. The van der Waals surface area contributed by atoms with Crippen LogP contribution in [-0.4, -0.2) is 44.0 Å². The maximum atomic E-state index is 13.8. The zero-order valence-electron chi connectivity index (χ0n) is 15.8. The lowest BCUT2D eigenvalue weighted by atomic mass is 9.95. The van der Waals surface area contributed by atoms with Crippen LogP contribution < -0.4 is 16.0 Å². The summed E-state index contributed by atoms with van der Waals surface area (Å²) in [7, 11) is 0. The van der Waals surface area contributed by atoms with Crippen molar-refractivity contribution < 1.29 is 14.3 Å². The van der Waals surface area contributed by atoms with Crippen LogP contribution in [0.5, 0.6) is 0 Å². The molecular weight excluding hydrogens is 375 g/mol. The summed E-state index contributed by atoms with van der Waals surface area (Å²) >= 11 is 0. The maximum Gasteiger partial charge on any atom is 0.317 e. The first-order valence-corrected chi connectivity index (χ1v) is 9.66. The van der Waals surface area contributed by atoms with Crippen LogP contribution in [0.4, 0.5) is 15.0 Å². The molecule has 1 saturated heterocycles. The van der Waals surface area contributed by atoms with Crippen molar-refractivity contribution in [2.75, 3.05) is 5.32 Å². The fourth-order valence-corrected chi connectivity index (χ4v) is 3.72. The number of hydrogen-bond acceptors (Lipinski definition) is 5. The van der Waals surface area contributed by atoms with Gasteiger partial charge in [0.2, 0.25) is 0 Å². The van der Waals surface area contributed by atoms with E-state index in [1.807, 2.05) is 19.1 Å². The van der Waals surface area contributed by atoms with Gasteiger partial charge in [-0.3, -0.25) is 0 Å². The van der Waals surface area contributed by atoms with Gasteiger partial charge in [0.05, 0.1) is 17.9 Å². The number of benzene rings is 1. The highest BCUT2D eigenvalue weighted by atomic mass is 19.1. The van der Waals surface area contributed by atoms with Crippen LogP contribution in [0.1, 0.15) is 31.2 Å². The number of aliphatic hydroxyl groups excluding tert-OH is 1. The summed E-state index contributed by atoms with van der Waals surface area (Å²) in [4.78, 5) is 16.3. The van der Waals surface area contributed by atoms with Crippen molar-refractivity contribution >= 4 is 17.5 Å². The second-order valence-corrected chi connectivity index (χ2v) is 7.67. The van der Waals surface area contributed by atoms with Crippen molar-refractivity contribution in [3.8, 4) is 11.3 Å². The van der Waals surface area contributed by atoms with Crippen molar-refractivity contribution in [2.45, 2.75) is 44.0 Å². The molecule has 1 aliphatic carbocycles. The Balaban J connectivity index is 1.62. The van der Waals surface area contributed by atoms with Gasteiger partial charge in [-0.1, -0.05) is 19.1 Å². The second-order valence-electron chi connectivity index (χ2n) is 7.67. The first-order valence-electron chi connectivity index (χ1n) is 9.66. The molecule has 1 aliphatic heterocycles. The molecule has 3 aromatic rings. The van der Waals surface area contributed by atoms with E-state index in [-0.39, 0.29) is 11.7 Å². The third kappa shape index (κ3) is 3.27. The Hall–Kier alpha value is -3.20. The third-order valence-corrected chi connectivity index (χ3v) is 5.49. The minimum absolute atomic E-state index is 0.245. The third-order valence-electron chi connectivity index (χ3n) is 5.49. The maximum absolute atomic E-state index is 13.8. The number of fused-ring (bicyclic) bond motifs is 1. The summed E-state index contributed by atoms with van der Waals surface area (Å²) in [6.07, 6.45) is 2.89. The molecule has 2 amide bonds. The lowest BCUT2D eigenvalue weighted by Crippen LogP contribution is -2.37. The lowest BCUT2D eigenvalue weighted by molar-refractivity contribution is 0.130. The monoisotopic (exact) mass is 396 g/mol. The number of amides is 2. The molecule has 0 bridgehead atoms. The molecule has 5 rings (SSSR count). The quantitative estimate of drug-likeness (QED) is 0.530. The molecule has 1 saturated carbocycles. The number of halogens is 1. The molecule has 2 aromatic heterocycles. The van der Waals surface area contributed by atoms with E-state index in [4.69, 9.17) is 4.98 Å². The smallest absolute Gasteiger partial charge is 0.317 e. The minimum atomic E-state index is -0.997. The highest BCUT2D eigenvalue weighted by Crippen LogP contribution is 2.32. The van der Waals surface area contributed by atoms with E-state index in [1.54, 1.807) is 16.8 Å². The van der Waals surface area contributed by atoms with Crippen LogP contribution in [0.2, 0.25) is 0 Å². The predicted molar refractivity (Wildman–Crippen MR) is 105 cm³/mol. The standard InChI is InChI=1S/C20H21FN6O2/c1-10(17-19(28)26-20(29)25-17)14-9-22-27-16(23-13-5-6-13)8-15(24-18(14)27)11-3-2-4-12(21)7-11/h2-4,7-10,13,17,19,23,28H,5-6H2,1H3,(H2,25,26,29). The van der Waals surface area contributed by atoms with Gasteiger partial charge in [0.1, 0.15) is 17.9 Å². The summed E-state index contributed by atoms with van der Waals surface area (Å²) in [5.74, 6) is 0.209. The number of carbonyl (C=O) groups excluding carboxylic acids is 1. The highest BCUT2D eigenvalue weighted by molar-refractivity contribution is 5.77. The number of anilines is 1. The fraction of sp³-hybridized carbons (Fsp3) is 0.350. The summed E-state index contributed by atoms with van der Waals surface area (Å²) in [6.45, 7) is 1.91. The summed E-state index contributed by atoms with van der Waals surface area (Å²) in [5.41, 5.74) is 2.69. The molecular formula is C20H21FN6O2. The Morgan fingerprint density at radius 3 is 2.83 bits per heavy atom. The van der Waals surface area contributed by atoms with E-state index < -0.39 is 18.3 Å². The number of nitrogens with one attached hydrogen (secondary N) is 3. The topological polar surface area (TPSA) is 104 Å². The number of aromatic nitrogens is 3. The van der Waals surface area contributed by atoms with Crippen molar-refractivity contribution in [1.82, 2.24) is 25.2 Å². The van der Waals surface area contributed by atoms with Gasteiger partial charge in [-0.25, -0.2) is 14.2 Å². The first-order chi connectivity index (χ1) is 14.0. The van der Waals surface area contributed by atoms with E-state index in [9.17, 15) is 14.3 Å². The molecule has 4 N–H and O–H groups in total. The van der Waals surface area contributed by atoms with Crippen LogP contribution in [0, 0.1) is 5.82 Å². The molecule has 2 aliphatic rings. The second kappa shape index (κ2) is 6.70. The molecule has 1 aromatic carbocycles. The SMILES string of the molecule is CC(c1cnn2c(NC3CC3)cc(-c3cccc(F)c3)nc12)C1NC(=O)NC1O. The molecule has 29 heavy (non-hydrogen) atoms. The molecule has 9 heteroatoms. The van der Waals surface area contributed by atoms with E-state index >= 15 is 0 Å². The molecule has 8 nitrogen and oxygen atoms in total. The number of aliphatic hydroxyl groups is 1. The molecule has 3 unspecified atom stereocenters. The Morgan fingerprint density at radius 1 is 1.31 bits per heavy atom. The number of carbonyl (C=O) groups is 1. The van der Waals surface area contributed by atoms with Gasteiger partial charge in [-0.2, -0.15) is 9.61 Å². The van der Waals surface area contributed by atoms with Crippen molar-refractivity contribution in [3.63, 3.8) is 0 Å². The number of nitrogens with zero attached hydrogens (tertiary/aromatic N) is 3. The largest absolute Gasteiger partial charge is 0.371 e. The zero-order valence-corrected chi connectivity index (χ0v) is 15.8. The van der Waals surface area contributed by atoms with Crippen molar-refractivity contribution in [2.24, 2.45) is 0 Å². The Morgan fingerprint density at radius 2 is 2.14 bits per heavy atom. The lowest BCUT2D eigenvalue weighted by Gasteiger charge is -2.20. The van der Waals surface area contributed by atoms with Gasteiger partial charge in [0.15, 0.2) is 5.65 Å². The Labute approximate surface area is 166 Å². The molecule has 0 spiro atoms. The van der Waals surface area contributed by atoms with E-state index in [0.29, 0.717) is 22.9 Å². The normalized spacial score (nSPS) is 22.4. The van der Waals surface area contributed by atoms with Crippen molar-refractivity contribution in [1.29, 1.82) is 0 Å². The first kappa shape index (κ1) is 17.9. The Kier molecular flexibility index (Phi) is 4.13. The van der Waals surface area contributed by atoms with E-state index in [2.05, 4.69) is 21.0 Å². The highest BCUT2D eigenvalue weighted by Gasteiger charge is 2.36. The molecule has 2 fully saturated rings. The van der Waals surface area contributed by atoms with Crippen LogP contribution in [0.25, 0.3) is 16.9 Å².